The molecule has 0 aliphatic carbocycles. The van der Waals surface area contributed by atoms with Crippen LogP contribution in [0.1, 0.15) is 35.4 Å². The minimum Gasteiger partial charge on any atom is -0.461 e. The molecule has 2 heterocycles. The van der Waals surface area contributed by atoms with Gasteiger partial charge in [-0.3, -0.25) is 4.39 Å². The van der Waals surface area contributed by atoms with Gasteiger partial charge >= 0.3 is 5.97 Å². The number of hydrogen-bond donors (Lipinski definition) is 0. The molecule has 2 rings (SSSR count). The summed E-state index contributed by atoms with van der Waals surface area (Å²) >= 11 is 9.21. The van der Waals surface area contributed by atoms with Crippen LogP contribution < -0.4 is 0 Å². The summed E-state index contributed by atoms with van der Waals surface area (Å²) in [4.78, 5) is 12.0. The molecular weight excluding hydrogens is 490 g/mol. The van der Waals surface area contributed by atoms with Gasteiger partial charge in [-0.15, -0.1) is 22.7 Å². The third kappa shape index (κ3) is 5.72. The highest BCUT2D eigenvalue weighted by atomic mass is 79.9. The van der Waals surface area contributed by atoms with E-state index in [1.54, 1.807) is 7.11 Å². The lowest BCUT2D eigenvalue weighted by Crippen LogP contribution is -2.06. The second-order valence-electron chi connectivity index (χ2n) is 4.64. The lowest BCUT2D eigenvalue weighted by atomic mass is 10.2. The van der Waals surface area contributed by atoms with Crippen LogP contribution in [0, 0.1) is 5.82 Å². The van der Waals surface area contributed by atoms with Crippen LogP contribution in [0.15, 0.2) is 7.57 Å². The van der Waals surface area contributed by atoms with E-state index in [1.165, 1.54) is 11.3 Å². The molecule has 0 fully saturated rings. The van der Waals surface area contributed by atoms with Gasteiger partial charge in [0.1, 0.15) is 4.88 Å². The van der Waals surface area contributed by atoms with Crippen molar-refractivity contribution in [3.05, 3.63) is 18.3 Å². The van der Waals surface area contributed by atoms with Crippen LogP contribution in [0.3, 0.4) is 0 Å². The van der Waals surface area contributed by atoms with Crippen molar-refractivity contribution in [2.24, 2.45) is 0 Å². The Morgan fingerprint density at radius 2 is 1.67 bits per heavy atom. The number of rotatable bonds is 8. The van der Waals surface area contributed by atoms with Crippen LogP contribution >= 0.6 is 54.5 Å². The number of carbonyl (C=O) groups excluding carboxylic acids is 1. The van der Waals surface area contributed by atoms with Gasteiger partial charge in [0.2, 0.25) is 0 Å². The number of esters is 1. The summed E-state index contributed by atoms with van der Waals surface area (Å²) in [5, 5.41) is 0.452. The van der Waals surface area contributed by atoms with Gasteiger partial charge in [0.25, 0.3) is 0 Å². The number of methoxy groups -OCH3 is 1. The van der Waals surface area contributed by atoms with E-state index in [0.717, 1.165) is 52.1 Å². The van der Waals surface area contributed by atoms with Crippen molar-refractivity contribution in [3.63, 3.8) is 0 Å². The molecule has 0 N–H and O–H groups in total. The summed E-state index contributed by atoms with van der Waals surface area (Å²) in [5.74, 6) is -1.08. The smallest absolute Gasteiger partial charge is 0.351 e. The third-order valence-corrected chi connectivity index (χ3v) is 7.15. The van der Waals surface area contributed by atoms with Crippen molar-refractivity contribution in [3.8, 4) is 0 Å². The van der Waals surface area contributed by atoms with Crippen LogP contribution in [0.25, 0.3) is 10.1 Å². The van der Waals surface area contributed by atoms with Crippen molar-refractivity contribution in [1.82, 2.24) is 0 Å². The first-order valence-electron chi connectivity index (χ1n) is 7.16. The lowest BCUT2D eigenvalue weighted by molar-refractivity contribution is 0.0498. The molecule has 0 aromatic carbocycles. The van der Waals surface area contributed by atoms with Crippen LogP contribution in [0.4, 0.5) is 8.78 Å². The minimum absolute atomic E-state index is 0.0404. The highest BCUT2D eigenvalue weighted by Crippen LogP contribution is 2.45. The molecule has 0 unspecified atom stereocenters. The topological polar surface area (TPSA) is 35.5 Å². The maximum Gasteiger partial charge on any atom is 0.351 e. The van der Waals surface area contributed by atoms with E-state index in [9.17, 15) is 13.6 Å². The maximum atomic E-state index is 14.3. The Morgan fingerprint density at radius 1 is 1.04 bits per heavy atom. The van der Waals surface area contributed by atoms with Gasteiger partial charge in [0.05, 0.1) is 31.4 Å². The van der Waals surface area contributed by atoms with E-state index in [4.69, 9.17) is 9.47 Å². The Balaban J connectivity index is 0.00000139. The summed E-state index contributed by atoms with van der Waals surface area (Å²) in [7, 11) is 2.18. The van der Waals surface area contributed by atoms with Gasteiger partial charge in [-0.2, -0.15) is 0 Å². The maximum absolute atomic E-state index is 14.3. The van der Waals surface area contributed by atoms with Gasteiger partial charge < -0.3 is 9.47 Å². The standard InChI is InChI=1S/C14H15Br2FO3S2.CH3F/c1-19-6-4-2-3-5-7-20-14(18)11-9(17)8-10(21-11)13(16)22-12(8)15;1-2/h2-7H2,1H3;1H3. The Kier molecular flexibility index (Phi) is 10.5. The first kappa shape index (κ1) is 22.0. The third-order valence-electron chi connectivity index (χ3n) is 3.07. The van der Waals surface area contributed by atoms with Gasteiger partial charge in [-0.25, -0.2) is 9.18 Å². The van der Waals surface area contributed by atoms with Crippen LogP contribution in [-0.2, 0) is 9.47 Å². The molecule has 2 aromatic rings. The van der Waals surface area contributed by atoms with Crippen molar-refractivity contribution >= 4 is 70.6 Å². The molecule has 9 heteroatoms. The molecule has 136 valence electrons. The molecule has 0 saturated carbocycles. The molecule has 0 atom stereocenters. The zero-order valence-corrected chi connectivity index (χ0v) is 18.1. The summed E-state index contributed by atoms with van der Waals surface area (Å²) in [6.07, 6.45) is 3.79. The second kappa shape index (κ2) is 11.5. The van der Waals surface area contributed by atoms with Crippen LogP contribution in [0.2, 0.25) is 0 Å². The first-order valence-corrected chi connectivity index (χ1v) is 10.4. The van der Waals surface area contributed by atoms with Crippen LogP contribution in [0.5, 0.6) is 0 Å². The van der Waals surface area contributed by atoms with Gasteiger partial charge in [-0.1, -0.05) is 6.42 Å². The highest BCUT2D eigenvalue weighted by Gasteiger charge is 2.24. The van der Waals surface area contributed by atoms with E-state index < -0.39 is 11.8 Å². The molecule has 0 saturated heterocycles. The molecule has 0 bridgehead atoms. The average Bonchev–Trinajstić information content (AvgIpc) is 3.06. The number of hydrogen-bond acceptors (Lipinski definition) is 5. The SMILES string of the molecule is CF.COCCCCCCOC(=O)c1sc2c(Br)sc(Br)c2c1F. The van der Waals surface area contributed by atoms with E-state index in [2.05, 4.69) is 31.9 Å². The van der Waals surface area contributed by atoms with Crippen molar-refractivity contribution < 1.29 is 23.0 Å². The Labute approximate surface area is 164 Å². The predicted octanol–water partition coefficient (Wildman–Crippen LogP) is 6.58. The van der Waals surface area contributed by atoms with Crippen LogP contribution in [-0.4, -0.2) is 33.5 Å². The predicted molar refractivity (Wildman–Crippen MR) is 103 cm³/mol. The van der Waals surface area contributed by atoms with Crippen molar-refractivity contribution in [1.29, 1.82) is 0 Å². The molecule has 0 aliphatic rings. The monoisotopic (exact) mass is 506 g/mol. The zero-order chi connectivity index (χ0) is 18.1. The molecule has 0 spiro atoms. The van der Waals surface area contributed by atoms with Crippen molar-refractivity contribution in [2.45, 2.75) is 25.7 Å². The zero-order valence-electron chi connectivity index (χ0n) is 13.3. The number of ether oxygens (including phenoxy) is 2. The summed E-state index contributed by atoms with van der Waals surface area (Å²) < 4.78 is 36.2. The largest absolute Gasteiger partial charge is 0.461 e. The first-order chi connectivity index (χ1) is 11.6. The Morgan fingerprint density at radius 3 is 2.25 bits per heavy atom. The normalized spacial score (nSPS) is 10.6. The molecule has 0 aliphatic heterocycles. The van der Waals surface area contributed by atoms with E-state index in [0.29, 0.717) is 23.0 Å². The fourth-order valence-electron chi connectivity index (χ4n) is 1.96. The molecule has 0 radical (unpaired) electrons. The van der Waals surface area contributed by atoms with E-state index in [1.807, 2.05) is 0 Å². The molecule has 24 heavy (non-hydrogen) atoms. The lowest BCUT2D eigenvalue weighted by Gasteiger charge is -2.03. The summed E-state index contributed by atoms with van der Waals surface area (Å²) in [6.45, 7) is 1.07. The molecule has 0 amide bonds. The summed E-state index contributed by atoms with van der Waals surface area (Å²) in [5.41, 5.74) is 0. The average molecular weight is 508 g/mol. The van der Waals surface area contributed by atoms with E-state index >= 15 is 0 Å². The molecule has 3 nitrogen and oxygen atoms in total. The number of fused-ring (bicyclic) bond motifs is 1. The fourth-order valence-corrected chi connectivity index (χ4v) is 6.40. The highest BCUT2D eigenvalue weighted by molar-refractivity contribution is 9.12. The summed E-state index contributed by atoms with van der Waals surface area (Å²) in [6, 6.07) is 0. The van der Waals surface area contributed by atoms with E-state index in [-0.39, 0.29) is 4.88 Å². The van der Waals surface area contributed by atoms with Gasteiger partial charge in [-0.05, 0) is 51.1 Å². The number of thiophene rings is 2. The fraction of sp³-hybridized carbons (Fsp3) is 0.533. The Bertz CT molecular complexity index is 659. The van der Waals surface area contributed by atoms with Crippen molar-refractivity contribution in [2.75, 3.05) is 27.5 Å². The molecule has 2 aromatic heterocycles. The van der Waals surface area contributed by atoms with Gasteiger partial charge in [0.15, 0.2) is 5.82 Å². The number of alkyl halides is 1. The molecular formula is C15H18Br2F2O3S2. The number of carbonyl (C=O) groups is 1. The quantitative estimate of drug-likeness (QED) is 0.299. The number of halogens is 4. The minimum atomic E-state index is -0.584. The number of unbranched alkanes of at least 4 members (excludes halogenated alkanes) is 3. The Hall–Kier alpha value is -0.0900. The van der Waals surface area contributed by atoms with Gasteiger partial charge in [0, 0.05) is 13.7 Å². The second-order valence-corrected chi connectivity index (χ2v) is 9.32.